The summed E-state index contributed by atoms with van der Waals surface area (Å²) in [5.41, 5.74) is 2.17. The first kappa shape index (κ1) is 19.8. The Morgan fingerprint density at radius 3 is 2.55 bits per heavy atom. The van der Waals surface area contributed by atoms with Crippen LogP contribution in [0, 0.1) is 19.3 Å². The predicted octanol–water partition coefficient (Wildman–Crippen LogP) is 1.98. The molecule has 1 aliphatic heterocycles. The average Bonchev–Trinajstić information content (AvgIpc) is 2.94. The minimum atomic E-state index is -0.421. The molecule has 1 heterocycles. The highest BCUT2D eigenvalue weighted by atomic mass is 16.2. The number of para-hydroxylation sites is 1. The Kier molecular flexibility index (Phi) is 5.74. The number of nitrogens with one attached hydrogen (secondary N) is 2. The third kappa shape index (κ3) is 4.17. The lowest BCUT2D eigenvalue weighted by Crippen LogP contribution is -2.33. The van der Waals surface area contributed by atoms with E-state index in [0.29, 0.717) is 16.8 Å². The number of terminal acetylenes is 1. The number of nitrogens with zero attached hydrogens (tertiary/aromatic N) is 1. The molecule has 7 nitrogen and oxygen atoms in total. The second kappa shape index (κ2) is 8.40. The van der Waals surface area contributed by atoms with Gasteiger partial charge in [-0.25, -0.2) is 0 Å². The van der Waals surface area contributed by atoms with Crippen LogP contribution in [0.3, 0.4) is 0 Å². The van der Waals surface area contributed by atoms with E-state index in [9.17, 15) is 19.2 Å². The lowest BCUT2D eigenvalue weighted by Gasteiger charge is -2.14. The molecule has 0 spiro atoms. The molecule has 0 radical (unpaired) electrons. The molecule has 7 heteroatoms. The van der Waals surface area contributed by atoms with Crippen LogP contribution in [0.25, 0.3) is 0 Å². The van der Waals surface area contributed by atoms with Gasteiger partial charge in [0.1, 0.15) is 0 Å². The standard InChI is InChI=1S/C22H19N3O4/c1-3-11-23-20(27)16-6-4-5-7-18(16)24-19(26)10-12-25-21(28)15-9-8-14(2)13-17(15)22(25)29/h1,4-9,13H,10-12H2,2H3,(H,23,27)(H,24,26). The molecule has 0 aromatic heterocycles. The largest absolute Gasteiger partial charge is 0.341 e. The predicted molar refractivity (Wildman–Crippen MR) is 107 cm³/mol. The van der Waals surface area contributed by atoms with Crippen LogP contribution in [0.5, 0.6) is 0 Å². The second-order valence-electron chi connectivity index (χ2n) is 6.54. The van der Waals surface area contributed by atoms with Crippen LogP contribution < -0.4 is 10.6 Å². The summed E-state index contributed by atoms with van der Waals surface area (Å²) in [5.74, 6) is 0.664. The summed E-state index contributed by atoms with van der Waals surface area (Å²) in [6.45, 7) is 1.86. The van der Waals surface area contributed by atoms with Crippen LogP contribution in [0.1, 0.15) is 43.1 Å². The summed E-state index contributed by atoms with van der Waals surface area (Å²) in [4.78, 5) is 50.5. The van der Waals surface area contributed by atoms with E-state index < -0.39 is 23.6 Å². The summed E-state index contributed by atoms with van der Waals surface area (Å²) >= 11 is 0. The van der Waals surface area contributed by atoms with Crippen molar-refractivity contribution in [2.24, 2.45) is 0 Å². The van der Waals surface area contributed by atoms with Gasteiger partial charge >= 0.3 is 0 Å². The number of carbonyl (C=O) groups excluding carboxylic acids is 4. The summed E-state index contributed by atoms with van der Waals surface area (Å²) in [6, 6.07) is 11.6. The van der Waals surface area contributed by atoms with Gasteiger partial charge in [-0.1, -0.05) is 29.7 Å². The maximum absolute atomic E-state index is 12.5. The zero-order valence-corrected chi connectivity index (χ0v) is 15.8. The summed E-state index contributed by atoms with van der Waals surface area (Å²) in [7, 11) is 0. The molecule has 4 amide bonds. The van der Waals surface area contributed by atoms with Crippen molar-refractivity contribution in [3.05, 3.63) is 64.7 Å². The number of amides is 4. The number of hydrogen-bond donors (Lipinski definition) is 2. The van der Waals surface area contributed by atoms with Gasteiger partial charge in [-0.3, -0.25) is 24.1 Å². The van der Waals surface area contributed by atoms with Crippen molar-refractivity contribution in [3.63, 3.8) is 0 Å². The van der Waals surface area contributed by atoms with Crippen molar-refractivity contribution < 1.29 is 19.2 Å². The topological polar surface area (TPSA) is 95.6 Å². The Bertz CT molecular complexity index is 1050. The van der Waals surface area contributed by atoms with E-state index >= 15 is 0 Å². The molecule has 0 saturated heterocycles. The first-order valence-corrected chi connectivity index (χ1v) is 8.99. The quantitative estimate of drug-likeness (QED) is 0.583. The fourth-order valence-corrected chi connectivity index (χ4v) is 3.05. The van der Waals surface area contributed by atoms with Crippen molar-refractivity contribution in [1.29, 1.82) is 0 Å². The van der Waals surface area contributed by atoms with E-state index in [4.69, 9.17) is 6.42 Å². The molecule has 29 heavy (non-hydrogen) atoms. The summed E-state index contributed by atoms with van der Waals surface area (Å²) in [6.07, 6.45) is 5.05. The van der Waals surface area contributed by atoms with E-state index in [0.717, 1.165) is 10.5 Å². The van der Waals surface area contributed by atoms with Gasteiger partial charge in [0.2, 0.25) is 5.91 Å². The third-order valence-electron chi connectivity index (χ3n) is 4.49. The Morgan fingerprint density at radius 1 is 1.07 bits per heavy atom. The minimum Gasteiger partial charge on any atom is -0.341 e. The molecule has 0 unspecified atom stereocenters. The van der Waals surface area contributed by atoms with Crippen molar-refractivity contribution in [2.45, 2.75) is 13.3 Å². The minimum absolute atomic E-state index is 0.0529. The second-order valence-corrected chi connectivity index (χ2v) is 6.54. The van der Waals surface area contributed by atoms with Gasteiger partial charge in [0.05, 0.1) is 28.9 Å². The molecule has 2 aromatic carbocycles. The smallest absolute Gasteiger partial charge is 0.261 e. The Labute approximate surface area is 168 Å². The van der Waals surface area contributed by atoms with E-state index in [1.807, 2.05) is 6.92 Å². The zero-order valence-electron chi connectivity index (χ0n) is 15.8. The number of fused-ring (bicyclic) bond motifs is 1. The Morgan fingerprint density at radius 2 is 1.79 bits per heavy atom. The monoisotopic (exact) mass is 389 g/mol. The van der Waals surface area contributed by atoms with Crippen LogP contribution in [0.2, 0.25) is 0 Å². The molecule has 2 N–H and O–H groups in total. The maximum Gasteiger partial charge on any atom is 0.261 e. The van der Waals surface area contributed by atoms with Crippen molar-refractivity contribution in [1.82, 2.24) is 10.2 Å². The summed E-state index contributed by atoms with van der Waals surface area (Å²) < 4.78 is 0. The van der Waals surface area contributed by atoms with Crippen molar-refractivity contribution in [2.75, 3.05) is 18.4 Å². The Balaban J connectivity index is 1.65. The molecular formula is C22H19N3O4. The third-order valence-corrected chi connectivity index (χ3v) is 4.49. The van der Waals surface area contributed by atoms with Crippen LogP contribution in [-0.4, -0.2) is 41.6 Å². The van der Waals surface area contributed by atoms with Crippen LogP contribution in [0.15, 0.2) is 42.5 Å². The fourth-order valence-electron chi connectivity index (χ4n) is 3.05. The number of benzene rings is 2. The van der Waals surface area contributed by atoms with Crippen LogP contribution >= 0.6 is 0 Å². The molecule has 0 bridgehead atoms. The van der Waals surface area contributed by atoms with Gasteiger partial charge in [0.15, 0.2) is 0 Å². The number of hydrogen-bond acceptors (Lipinski definition) is 4. The number of rotatable bonds is 6. The van der Waals surface area contributed by atoms with Gasteiger partial charge < -0.3 is 10.6 Å². The van der Waals surface area contributed by atoms with Gasteiger partial charge in [-0.2, -0.15) is 0 Å². The molecule has 1 aliphatic rings. The van der Waals surface area contributed by atoms with E-state index in [1.165, 1.54) is 0 Å². The molecular weight excluding hydrogens is 370 g/mol. The normalized spacial score (nSPS) is 12.3. The van der Waals surface area contributed by atoms with E-state index in [2.05, 4.69) is 16.6 Å². The van der Waals surface area contributed by atoms with Gasteiger partial charge in [0.25, 0.3) is 17.7 Å². The first-order chi connectivity index (χ1) is 13.9. The van der Waals surface area contributed by atoms with E-state index in [-0.39, 0.29) is 25.1 Å². The lowest BCUT2D eigenvalue weighted by atomic mass is 10.1. The van der Waals surface area contributed by atoms with Crippen LogP contribution in [0.4, 0.5) is 5.69 Å². The number of imide groups is 1. The molecule has 2 aromatic rings. The zero-order chi connectivity index (χ0) is 21.0. The molecule has 0 aliphatic carbocycles. The highest BCUT2D eigenvalue weighted by Crippen LogP contribution is 2.24. The van der Waals surface area contributed by atoms with Crippen molar-refractivity contribution in [3.8, 4) is 12.3 Å². The summed E-state index contributed by atoms with van der Waals surface area (Å²) in [5, 5.41) is 5.19. The number of anilines is 1. The van der Waals surface area contributed by atoms with Crippen LogP contribution in [-0.2, 0) is 4.79 Å². The first-order valence-electron chi connectivity index (χ1n) is 8.99. The molecule has 146 valence electrons. The Hall–Kier alpha value is -3.92. The fraction of sp³-hybridized carbons (Fsp3) is 0.182. The van der Waals surface area contributed by atoms with Gasteiger partial charge in [-0.05, 0) is 31.2 Å². The lowest BCUT2D eigenvalue weighted by molar-refractivity contribution is -0.116. The molecule has 3 rings (SSSR count). The number of carbonyl (C=O) groups is 4. The molecule has 0 fully saturated rings. The van der Waals surface area contributed by atoms with Gasteiger partial charge in [0, 0.05) is 13.0 Å². The highest BCUT2D eigenvalue weighted by molar-refractivity contribution is 6.21. The maximum atomic E-state index is 12.5. The highest BCUT2D eigenvalue weighted by Gasteiger charge is 2.35. The molecule has 0 saturated carbocycles. The molecule has 0 atom stereocenters. The van der Waals surface area contributed by atoms with Crippen molar-refractivity contribution >= 4 is 29.3 Å². The SMILES string of the molecule is C#CCNC(=O)c1ccccc1NC(=O)CCN1C(=O)c2ccc(C)cc2C1=O. The van der Waals surface area contributed by atoms with E-state index in [1.54, 1.807) is 42.5 Å². The average molecular weight is 389 g/mol. The van der Waals surface area contributed by atoms with Gasteiger partial charge in [-0.15, -0.1) is 6.42 Å². The number of aryl methyl sites for hydroxylation is 1.